The summed E-state index contributed by atoms with van der Waals surface area (Å²) in [4.78, 5) is 13.7. The topological polar surface area (TPSA) is 34.5 Å². The molecule has 0 unspecified atom stereocenters. The molecule has 3 aromatic rings. The number of ether oxygens (including phenoxy) is 1. The minimum atomic E-state index is -0.322. The summed E-state index contributed by atoms with van der Waals surface area (Å²) in [5, 5.41) is 1.32. The van der Waals surface area contributed by atoms with Crippen LogP contribution >= 0.6 is 0 Å². The first-order valence-corrected chi connectivity index (χ1v) is 10.5. The maximum Gasteiger partial charge on any atom is 0.331 e. The largest absolute Gasteiger partial charge is 0.466 e. The second-order valence-corrected chi connectivity index (χ2v) is 7.58. The highest BCUT2D eigenvalue weighted by molar-refractivity contribution is 5.90. The van der Waals surface area contributed by atoms with Crippen molar-refractivity contribution in [1.29, 1.82) is 0 Å². The van der Waals surface area contributed by atoms with Gasteiger partial charge in [-0.05, 0) is 35.6 Å². The number of esters is 1. The predicted molar refractivity (Wildman–Crippen MR) is 122 cm³/mol. The molecule has 1 aliphatic rings. The van der Waals surface area contributed by atoms with Crippen molar-refractivity contribution in [2.24, 2.45) is 0 Å². The standard InChI is InChI=1S/C26H28N2O2/c1-3-21-13-16-27(18-15-25(29)30-2)17-14-23-22-11-7-8-12-24(22)28(26(21)23)19-20-9-5-4-6-10-20/h4-13,15,18H,3,14,16-17,19H2,1-2H3/b18-15+,21-13-. The number of carbonyl (C=O) groups excluding carboxylic acids is 1. The van der Waals surface area contributed by atoms with Gasteiger partial charge in [-0.3, -0.25) is 0 Å². The molecule has 0 atom stereocenters. The Kier molecular flexibility index (Phi) is 6.03. The molecule has 0 amide bonds. The summed E-state index contributed by atoms with van der Waals surface area (Å²) >= 11 is 0. The van der Waals surface area contributed by atoms with E-state index in [4.69, 9.17) is 4.74 Å². The molecule has 0 spiro atoms. The second kappa shape index (κ2) is 9.04. The number of methoxy groups -OCH3 is 1. The Balaban J connectivity index is 1.79. The van der Waals surface area contributed by atoms with Crippen LogP contribution < -0.4 is 0 Å². The number of benzene rings is 2. The van der Waals surface area contributed by atoms with Gasteiger partial charge in [-0.25, -0.2) is 4.79 Å². The van der Waals surface area contributed by atoms with E-state index in [-0.39, 0.29) is 5.97 Å². The Morgan fingerprint density at radius 2 is 1.87 bits per heavy atom. The van der Waals surface area contributed by atoms with Crippen LogP contribution in [0.15, 0.2) is 72.9 Å². The predicted octanol–water partition coefficient (Wildman–Crippen LogP) is 5.03. The normalized spacial score (nSPS) is 16.1. The third-order valence-corrected chi connectivity index (χ3v) is 5.79. The molecule has 0 radical (unpaired) electrons. The summed E-state index contributed by atoms with van der Waals surface area (Å²) in [6.07, 6.45) is 7.55. The number of nitrogens with zero attached hydrogens (tertiary/aromatic N) is 2. The highest BCUT2D eigenvalue weighted by atomic mass is 16.5. The molecule has 1 aliphatic heterocycles. The molecule has 4 nitrogen and oxygen atoms in total. The monoisotopic (exact) mass is 400 g/mol. The lowest BCUT2D eigenvalue weighted by molar-refractivity contribution is -0.134. The molecule has 0 saturated carbocycles. The molecule has 0 fully saturated rings. The van der Waals surface area contributed by atoms with Gasteiger partial charge in [0.05, 0.1) is 7.11 Å². The summed E-state index contributed by atoms with van der Waals surface area (Å²) in [5.41, 5.74) is 6.70. The van der Waals surface area contributed by atoms with Gasteiger partial charge in [0, 0.05) is 48.5 Å². The van der Waals surface area contributed by atoms with Crippen molar-refractivity contribution in [1.82, 2.24) is 9.47 Å². The fourth-order valence-electron chi connectivity index (χ4n) is 4.28. The van der Waals surface area contributed by atoms with E-state index in [9.17, 15) is 4.79 Å². The van der Waals surface area contributed by atoms with E-state index in [0.717, 1.165) is 32.5 Å². The van der Waals surface area contributed by atoms with E-state index in [1.807, 2.05) is 6.20 Å². The third kappa shape index (κ3) is 4.04. The van der Waals surface area contributed by atoms with Gasteiger partial charge in [-0.15, -0.1) is 0 Å². The highest BCUT2D eigenvalue weighted by Gasteiger charge is 2.21. The fraction of sp³-hybridized carbons (Fsp3) is 0.269. The minimum absolute atomic E-state index is 0.322. The Morgan fingerprint density at radius 1 is 1.10 bits per heavy atom. The van der Waals surface area contributed by atoms with Crippen LogP contribution in [0.4, 0.5) is 0 Å². The van der Waals surface area contributed by atoms with E-state index >= 15 is 0 Å². The van der Waals surface area contributed by atoms with E-state index in [2.05, 4.69) is 77.1 Å². The van der Waals surface area contributed by atoms with Gasteiger partial charge in [0.2, 0.25) is 0 Å². The molecule has 0 saturated heterocycles. The van der Waals surface area contributed by atoms with Crippen molar-refractivity contribution in [3.63, 3.8) is 0 Å². The van der Waals surface area contributed by atoms with Crippen molar-refractivity contribution < 1.29 is 9.53 Å². The molecule has 0 N–H and O–H groups in total. The van der Waals surface area contributed by atoms with Gasteiger partial charge in [-0.1, -0.05) is 61.5 Å². The Labute approximate surface area is 178 Å². The summed E-state index contributed by atoms with van der Waals surface area (Å²) in [7, 11) is 1.41. The number of allylic oxidation sites excluding steroid dienone is 1. The van der Waals surface area contributed by atoms with Crippen LogP contribution in [0.2, 0.25) is 0 Å². The molecule has 4 heteroatoms. The number of hydrogen-bond acceptors (Lipinski definition) is 3. The molecule has 0 aliphatic carbocycles. The van der Waals surface area contributed by atoms with Gasteiger partial charge >= 0.3 is 5.97 Å². The number of fused-ring (bicyclic) bond motifs is 3. The van der Waals surface area contributed by atoms with Crippen molar-refractivity contribution in [3.05, 3.63) is 89.8 Å². The van der Waals surface area contributed by atoms with Crippen LogP contribution in [0.1, 0.15) is 30.2 Å². The smallest absolute Gasteiger partial charge is 0.331 e. The van der Waals surface area contributed by atoms with Crippen LogP contribution in [0.25, 0.3) is 16.5 Å². The Hall–Kier alpha value is -3.27. The summed E-state index contributed by atoms with van der Waals surface area (Å²) < 4.78 is 7.22. The first-order valence-electron chi connectivity index (χ1n) is 10.5. The molecule has 1 aromatic heterocycles. The number of para-hydroxylation sites is 1. The van der Waals surface area contributed by atoms with E-state index in [1.165, 1.54) is 46.5 Å². The number of hydrogen-bond donors (Lipinski definition) is 0. The van der Waals surface area contributed by atoms with Crippen molar-refractivity contribution in [2.75, 3.05) is 20.2 Å². The highest BCUT2D eigenvalue weighted by Crippen LogP contribution is 2.34. The van der Waals surface area contributed by atoms with Gasteiger partial charge < -0.3 is 14.2 Å². The lowest BCUT2D eigenvalue weighted by Crippen LogP contribution is -2.23. The molecule has 154 valence electrons. The fourth-order valence-corrected chi connectivity index (χ4v) is 4.28. The third-order valence-electron chi connectivity index (χ3n) is 5.79. The molecule has 2 aromatic carbocycles. The van der Waals surface area contributed by atoms with Gasteiger partial charge in [0.1, 0.15) is 0 Å². The molecule has 30 heavy (non-hydrogen) atoms. The van der Waals surface area contributed by atoms with Crippen molar-refractivity contribution in [2.45, 2.75) is 26.3 Å². The average Bonchev–Trinajstić information content (AvgIpc) is 3.07. The Bertz CT molecular complexity index is 1090. The first-order chi connectivity index (χ1) is 14.7. The number of carbonyl (C=O) groups is 1. The summed E-state index contributed by atoms with van der Waals surface area (Å²) in [5.74, 6) is -0.322. The van der Waals surface area contributed by atoms with E-state index in [1.54, 1.807) is 0 Å². The summed E-state index contributed by atoms with van der Waals surface area (Å²) in [6, 6.07) is 19.4. The maximum absolute atomic E-state index is 11.5. The van der Waals surface area contributed by atoms with E-state index in [0.29, 0.717) is 0 Å². The maximum atomic E-state index is 11.5. The van der Waals surface area contributed by atoms with Crippen LogP contribution in [-0.4, -0.2) is 35.6 Å². The first kappa shape index (κ1) is 20.0. The van der Waals surface area contributed by atoms with Crippen LogP contribution in [0, 0.1) is 0 Å². The zero-order valence-corrected chi connectivity index (χ0v) is 17.7. The molecular formula is C26H28N2O2. The van der Waals surface area contributed by atoms with Gasteiger partial charge in [0.15, 0.2) is 0 Å². The van der Waals surface area contributed by atoms with Crippen LogP contribution in [0.3, 0.4) is 0 Å². The number of aromatic nitrogens is 1. The van der Waals surface area contributed by atoms with Crippen molar-refractivity contribution in [3.8, 4) is 0 Å². The lowest BCUT2D eigenvalue weighted by atomic mass is 9.99. The Morgan fingerprint density at radius 3 is 2.63 bits per heavy atom. The average molecular weight is 401 g/mol. The lowest BCUT2D eigenvalue weighted by Gasteiger charge is -2.24. The number of rotatable bonds is 5. The molecule has 4 rings (SSSR count). The van der Waals surface area contributed by atoms with E-state index < -0.39 is 0 Å². The van der Waals surface area contributed by atoms with Crippen molar-refractivity contribution >= 4 is 22.4 Å². The molecule has 0 bridgehead atoms. The summed E-state index contributed by atoms with van der Waals surface area (Å²) in [6.45, 7) is 4.71. The SMILES string of the molecule is CC/C1=C/CN(/C=C/C(=O)OC)CCc2c1n(Cc1ccccc1)c1ccccc21. The van der Waals surface area contributed by atoms with Crippen LogP contribution in [-0.2, 0) is 22.5 Å². The second-order valence-electron chi connectivity index (χ2n) is 7.58. The minimum Gasteiger partial charge on any atom is -0.466 e. The van der Waals surface area contributed by atoms with Gasteiger partial charge in [0.25, 0.3) is 0 Å². The zero-order chi connectivity index (χ0) is 20.9. The zero-order valence-electron chi connectivity index (χ0n) is 17.7. The van der Waals surface area contributed by atoms with Crippen LogP contribution in [0.5, 0.6) is 0 Å². The molecule has 2 heterocycles. The molecular weight excluding hydrogens is 372 g/mol. The van der Waals surface area contributed by atoms with Gasteiger partial charge in [-0.2, -0.15) is 0 Å². The quantitative estimate of drug-likeness (QED) is 0.445.